The number of aromatic carboxylic acids is 1. The van der Waals surface area contributed by atoms with Crippen LogP contribution in [0.5, 0.6) is 5.75 Å². The van der Waals surface area contributed by atoms with E-state index in [0.717, 1.165) is 5.56 Å². The molecule has 0 aliphatic rings. The Bertz CT molecular complexity index is 1080. The highest BCUT2D eigenvalue weighted by Crippen LogP contribution is 2.24. The SMILES string of the molecule is O=C(O)c1cc(-c2ccc(OCc3ccccc3)cn2)n(-c2cccnc2)n1. The quantitative estimate of drug-likeness (QED) is 0.556. The summed E-state index contributed by atoms with van der Waals surface area (Å²) in [6.45, 7) is 0.443. The second kappa shape index (κ2) is 7.71. The molecule has 0 radical (unpaired) electrons. The highest BCUT2D eigenvalue weighted by Gasteiger charge is 2.17. The third kappa shape index (κ3) is 3.73. The molecule has 4 rings (SSSR count). The van der Waals surface area contributed by atoms with Crippen molar-refractivity contribution in [3.05, 3.63) is 90.5 Å². The monoisotopic (exact) mass is 372 g/mol. The third-order valence-electron chi connectivity index (χ3n) is 4.07. The van der Waals surface area contributed by atoms with Crippen molar-refractivity contribution in [2.24, 2.45) is 0 Å². The minimum atomic E-state index is -1.10. The van der Waals surface area contributed by atoms with Gasteiger partial charge in [-0.25, -0.2) is 9.48 Å². The topological polar surface area (TPSA) is 90.1 Å². The van der Waals surface area contributed by atoms with Crippen LogP contribution in [0.1, 0.15) is 16.1 Å². The van der Waals surface area contributed by atoms with Crippen LogP contribution in [0.15, 0.2) is 79.3 Å². The number of carboxylic acid groups (broad SMARTS) is 1. The van der Waals surface area contributed by atoms with Crippen LogP contribution in [0.4, 0.5) is 0 Å². The Labute approximate surface area is 160 Å². The summed E-state index contributed by atoms with van der Waals surface area (Å²) in [5, 5.41) is 13.5. The van der Waals surface area contributed by atoms with Gasteiger partial charge < -0.3 is 9.84 Å². The normalized spacial score (nSPS) is 10.6. The maximum Gasteiger partial charge on any atom is 0.356 e. The Kier molecular flexibility index (Phi) is 4.79. The van der Waals surface area contributed by atoms with E-state index in [1.54, 1.807) is 42.9 Å². The average Bonchev–Trinajstić information content (AvgIpc) is 3.20. The molecule has 0 unspecified atom stereocenters. The standard InChI is InChI=1S/C21H16N4O3/c26-21(27)19-11-20(25(24-19)16-7-4-10-22-12-16)18-9-8-17(13-23-18)28-14-15-5-2-1-3-6-15/h1-13H,14H2,(H,26,27). The molecule has 3 heterocycles. The first-order valence-corrected chi connectivity index (χ1v) is 8.57. The molecule has 138 valence electrons. The predicted octanol–water partition coefficient (Wildman–Crippen LogP) is 3.61. The van der Waals surface area contributed by atoms with Gasteiger partial charge >= 0.3 is 5.97 Å². The number of nitrogens with zero attached hydrogens (tertiary/aromatic N) is 4. The maximum atomic E-state index is 11.4. The van der Waals surface area contributed by atoms with Crippen molar-refractivity contribution >= 4 is 5.97 Å². The molecule has 0 fully saturated rings. The summed E-state index contributed by atoms with van der Waals surface area (Å²) in [6, 6.07) is 18.5. The third-order valence-corrected chi connectivity index (χ3v) is 4.07. The van der Waals surface area contributed by atoms with E-state index in [1.807, 2.05) is 30.3 Å². The second-order valence-electron chi connectivity index (χ2n) is 6.00. The van der Waals surface area contributed by atoms with Crippen LogP contribution in [0, 0.1) is 0 Å². The van der Waals surface area contributed by atoms with Crippen LogP contribution in [0.2, 0.25) is 0 Å². The maximum absolute atomic E-state index is 11.4. The molecule has 0 aliphatic carbocycles. The van der Waals surface area contributed by atoms with Crippen LogP contribution in [0.3, 0.4) is 0 Å². The number of benzene rings is 1. The molecule has 4 aromatic rings. The van der Waals surface area contributed by atoms with E-state index in [0.29, 0.717) is 29.4 Å². The number of ether oxygens (including phenoxy) is 1. The molecule has 28 heavy (non-hydrogen) atoms. The van der Waals surface area contributed by atoms with Crippen molar-refractivity contribution in [3.63, 3.8) is 0 Å². The number of hydrogen-bond acceptors (Lipinski definition) is 5. The second-order valence-corrected chi connectivity index (χ2v) is 6.00. The molecule has 0 saturated carbocycles. The lowest BCUT2D eigenvalue weighted by molar-refractivity contribution is 0.0690. The number of carbonyl (C=O) groups is 1. The molecule has 3 aromatic heterocycles. The van der Waals surface area contributed by atoms with Crippen LogP contribution in [-0.4, -0.2) is 30.8 Å². The van der Waals surface area contributed by atoms with Crippen molar-refractivity contribution < 1.29 is 14.6 Å². The predicted molar refractivity (Wildman–Crippen MR) is 102 cm³/mol. The fourth-order valence-corrected chi connectivity index (χ4v) is 2.70. The number of pyridine rings is 2. The Morgan fingerprint density at radius 1 is 1.04 bits per heavy atom. The number of aromatic nitrogens is 4. The highest BCUT2D eigenvalue weighted by atomic mass is 16.5. The van der Waals surface area contributed by atoms with E-state index in [-0.39, 0.29) is 5.69 Å². The van der Waals surface area contributed by atoms with Gasteiger partial charge in [-0.2, -0.15) is 5.10 Å². The molecule has 7 heteroatoms. The number of rotatable bonds is 6. The molecule has 0 bridgehead atoms. The van der Waals surface area contributed by atoms with E-state index in [2.05, 4.69) is 15.1 Å². The lowest BCUT2D eigenvalue weighted by Crippen LogP contribution is -2.03. The summed E-state index contributed by atoms with van der Waals surface area (Å²) in [7, 11) is 0. The Hall–Kier alpha value is -4.00. The summed E-state index contributed by atoms with van der Waals surface area (Å²) in [6.07, 6.45) is 4.86. The lowest BCUT2D eigenvalue weighted by atomic mass is 10.2. The molecule has 0 saturated heterocycles. The van der Waals surface area contributed by atoms with E-state index >= 15 is 0 Å². The van der Waals surface area contributed by atoms with Crippen LogP contribution >= 0.6 is 0 Å². The molecule has 1 N–H and O–H groups in total. The van der Waals surface area contributed by atoms with Gasteiger partial charge in [-0.3, -0.25) is 9.97 Å². The zero-order chi connectivity index (χ0) is 19.3. The summed E-state index contributed by atoms with van der Waals surface area (Å²) < 4.78 is 7.27. The molecule has 0 aliphatic heterocycles. The summed E-state index contributed by atoms with van der Waals surface area (Å²) in [5.74, 6) is -0.481. The van der Waals surface area contributed by atoms with Gasteiger partial charge in [0.25, 0.3) is 0 Å². The van der Waals surface area contributed by atoms with Crippen molar-refractivity contribution in [1.29, 1.82) is 0 Å². The average molecular weight is 372 g/mol. The zero-order valence-corrected chi connectivity index (χ0v) is 14.8. The molecule has 1 aromatic carbocycles. The molecular formula is C21H16N4O3. The van der Waals surface area contributed by atoms with Gasteiger partial charge in [0.15, 0.2) is 5.69 Å². The van der Waals surface area contributed by atoms with Gasteiger partial charge in [-0.1, -0.05) is 30.3 Å². The van der Waals surface area contributed by atoms with Crippen LogP contribution in [-0.2, 0) is 6.61 Å². The van der Waals surface area contributed by atoms with Crippen molar-refractivity contribution in [3.8, 4) is 22.8 Å². The van der Waals surface area contributed by atoms with Gasteiger partial charge in [0, 0.05) is 12.3 Å². The Balaban J connectivity index is 1.61. The van der Waals surface area contributed by atoms with Gasteiger partial charge in [-0.05, 0) is 29.8 Å². The first kappa shape index (κ1) is 17.4. The smallest absolute Gasteiger partial charge is 0.356 e. The van der Waals surface area contributed by atoms with Crippen LogP contribution < -0.4 is 4.74 Å². The summed E-state index contributed by atoms with van der Waals surface area (Å²) in [5.41, 5.74) is 2.78. The molecule has 7 nitrogen and oxygen atoms in total. The first-order valence-electron chi connectivity index (χ1n) is 8.57. The van der Waals surface area contributed by atoms with Gasteiger partial charge in [0.2, 0.25) is 0 Å². The van der Waals surface area contributed by atoms with Gasteiger partial charge in [0.05, 0.1) is 29.5 Å². The minimum absolute atomic E-state index is 0.0648. The summed E-state index contributed by atoms with van der Waals surface area (Å²) >= 11 is 0. The molecular weight excluding hydrogens is 356 g/mol. The minimum Gasteiger partial charge on any atom is -0.487 e. The number of hydrogen-bond donors (Lipinski definition) is 1. The van der Waals surface area contributed by atoms with Gasteiger partial charge in [0.1, 0.15) is 12.4 Å². The lowest BCUT2D eigenvalue weighted by Gasteiger charge is -2.08. The molecule has 0 amide bonds. The van der Waals surface area contributed by atoms with Crippen molar-refractivity contribution in [2.45, 2.75) is 6.61 Å². The first-order chi connectivity index (χ1) is 13.7. The molecule has 0 atom stereocenters. The fourth-order valence-electron chi connectivity index (χ4n) is 2.70. The van der Waals surface area contributed by atoms with Crippen molar-refractivity contribution in [1.82, 2.24) is 19.7 Å². The fraction of sp³-hybridized carbons (Fsp3) is 0.0476. The van der Waals surface area contributed by atoms with E-state index < -0.39 is 5.97 Å². The van der Waals surface area contributed by atoms with E-state index in [1.165, 1.54) is 10.7 Å². The Morgan fingerprint density at radius 3 is 2.57 bits per heavy atom. The zero-order valence-electron chi connectivity index (χ0n) is 14.8. The highest BCUT2D eigenvalue weighted by molar-refractivity contribution is 5.87. The Morgan fingerprint density at radius 2 is 1.89 bits per heavy atom. The largest absolute Gasteiger partial charge is 0.487 e. The van der Waals surface area contributed by atoms with E-state index in [9.17, 15) is 9.90 Å². The van der Waals surface area contributed by atoms with Gasteiger partial charge in [-0.15, -0.1) is 0 Å². The van der Waals surface area contributed by atoms with E-state index in [4.69, 9.17) is 4.74 Å². The molecule has 0 spiro atoms. The summed E-state index contributed by atoms with van der Waals surface area (Å²) in [4.78, 5) is 19.9. The number of carboxylic acids is 1. The van der Waals surface area contributed by atoms with Crippen molar-refractivity contribution in [2.75, 3.05) is 0 Å². The van der Waals surface area contributed by atoms with Crippen LogP contribution in [0.25, 0.3) is 17.1 Å².